The third kappa shape index (κ3) is 3.34. The first kappa shape index (κ1) is 21.2. The Bertz CT molecular complexity index is 1850. The molecule has 0 saturated carbocycles. The number of benzene rings is 4. The van der Waals surface area contributed by atoms with Crippen molar-refractivity contribution in [3.63, 3.8) is 0 Å². The number of aromatic nitrogens is 2. The maximum absolute atomic E-state index is 13.2. The van der Waals surface area contributed by atoms with E-state index in [4.69, 9.17) is 4.98 Å². The zero-order valence-electron chi connectivity index (χ0n) is 19.8. The summed E-state index contributed by atoms with van der Waals surface area (Å²) in [5.74, 6) is -0.230. The van der Waals surface area contributed by atoms with Gasteiger partial charge in [-0.1, -0.05) is 91.0 Å². The lowest BCUT2D eigenvalue weighted by atomic mass is 9.83. The second kappa shape index (κ2) is 8.25. The topological polar surface area (TPSA) is 51.4 Å². The number of carbonyl (C=O) groups is 2. The highest BCUT2D eigenvalue weighted by atomic mass is 16.1. The highest BCUT2D eigenvalue weighted by Crippen LogP contribution is 2.35. The van der Waals surface area contributed by atoms with E-state index in [1.54, 1.807) is 30.3 Å². The Kier molecular flexibility index (Phi) is 4.73. The maximum atomic E-state index is 13.2. The summed E-state index contributed by atoms with van der Waals surface area (Å²) < 4.78 is 2.10. The number of rotatable bonds is 3. The van der Waals surface area contributed by atoms with Crippen LogP contribution < -0.4 is 0 Å². The predicted octanol–water partition coefficient (Wildman–Crippen LogP) is 7.11. The van der Waals surface area contributed by atoms with Crippen molar-refractivity contribution < 1.29 is 9.59 Å². The molecule has 1 aliphatic carbocycles. The number of hydrogen-bond donors (Lipinski definition) is 0. The summed E-state index contributed by atoms with van der Waals surface area (Å²) in [5, 5.41) is 0. The van der Waals surface area contributed by atoms with E-state index in [9.17, 15) is 9.59 Å². The van der Waals surface area contributed by atoms with Gasteiger partial charge in [-0.3, -0.25) is 14.0 Å². The van der Waals surface area contributed by atoms with Gasteiger partial charge in [0, 0.05) is 39.6 Å². The van der Waals surface area contributed by atoms with Gasteiger partial charge >= 0.3 is 0 Å². The minimum absolute atomic E-state index is 0.111. The van der Waals surface area contributed by atoms with E-state index in [1.807, 2.05) is 66.9 Å². The van der Waals surface area contributed by atoms with Crippen molar-refractivity contribution in [2.75, 3.05) is 0 Å². The fourth-order valence-corrected chi connectivity index (χ4v) is 5.17. The molecule has 6 aromatic rings. The quantitative estimate of drug-likeness (QED) is 0.273. The first-order valence-electron chi connectivity index (χ1n) is 12.1. The molecule has 1 aliphatic rings. The van der Waals surface area contributed by atoms with Crippen LogP contribution in [-0.2, 0) is 0 Å². The Labute approximate surface area is 213 Å². The highest BCUT2D eigenvalue weighted by molar-refractivity contribution is 6.28. The van der Waals surface area contributed by atoms with Gasteiger partial charge in [0.15, 0.2) is 11.6 Å². The summed E-state index contributed by atoms with van der Waals surface area (Å²) in [7, 11) is 0. The molecule has 0 amide bonds. The van der Waals surface area contributed by atoms with Gasteiger partial charge in [-0.05, 0) is 35.4 Å². The number of hydrogen-bond acceptors (Lipinski definition) is 3. The van der Waals surface area contributed by atoms with Crippen molar-refractivity contribution in [3.8, 4) is 33.6 Å². The molecule has 2 heterocycles. The summed E-state index contributed by atoms with van der Waals surface area (Å²) in [5.41, 5.74) is 8.48. The lowest BCUT2D eigenvalue weighted by Gasteiger charge is -2.18. The maximum Gasteiger partial charge on any atom is 0.194 e. The van der Waals surface area contributed by atoms with Crippen LogP contribution in [0, 0.1) is 0 Å². The van der Waals surface area contributed by atoms with Gasteiger partial charge in [-0.15, -0.1) is 0 Å². The fraction of sp³-hybridized carbons (Fsp3) is 0. The molecule has 0 fully saturated rings. The van der Waals surface area contributed by atoms with Crippen molar-refractivity contribution in [3.05, 3.63) is 144 Å². The minimum atomic E-state index is -0.119. The fourth-order valence-electron chi connectivity index (χ4n) is 5.17. The Morgan fingerprint density at radius 1 is 0.486 bits per heavy atom. The Hall–Kier alpha value is -5.09. The van der Waals surface area contributed by atoms with Crippen molar-refractivity contribution in [1.29, 1.82) is 0 Å². The molecule has 0 aliphatic heterocycles. The van der Waals surface area contributed by atoms with Gasteiger partial charge in [0.2, 0.25) is 0 Å². The van der Waals surface area contributed by atoms with Crippen LogP contribution in [0.1, 0.15) is 31.8 Å². The van der Waals surface area contributed by atoms with Crippen LogP contribution >= 0.6 is 0 Å². The zero-order chi connectivity index (χ0) is 24.9. The van der Waals surface area contributed by atoms with E-state index in [-0.39, 0.29) is 11.6 Å². The Balaban J connectivity index is 1.38. The number of carbonyl (C=O) groups excluding carboxylic acids is 2. The number of imidazole rings is 1. The van der Waals surface area contributed by atoms with E-state index in [0.717, 1.165) is 39.3 Å². The SMILES string of the molecule is O=C1c2ccccc2C(=O)c2cc(-c3ccn4c(-c5ccccc5)c(-c5ccccc5)nc4c3)ccc21. The zero-order valence-corrected chi connectivity index (χ0v) is 19.8. The lowest BCUT2D eigenvalue weighted by Crippen LogP contribution is -2.20. The molecular formula is C33H20N2O2. The molecule has 0 atom stereocenters. The van der Waals surface area contributed by atoms with Crippen LogP contribution in [0.15, 0.2) is 121 Å². The summed E-state index contributed by atoms with van der Waals surface area (Å²) in [6.45, 7) is 0. The van der Waals surface area contributed by atoms with E-state index in [2.05, 4.69) is 28.7 Å². The molecule has 37 heavy (non-hydrogen) atoms. The van der Waals surface area contributed by atoms with Gasteiger partial charge < -0.3 is 0 Å². The van der Waals surface area contributed by atoms with Crippen molar-refractivity contribution >= 4 is 17.2 Å². The number of pyridine rings is 1. The molecule has 0 saturated heterocycles. The van der Waals surface area contributed by atoms with Crippen LogP contribution in [0.5, 0.6) is 0 Å². The molecule has 0 N–H and O–H groups in total. The van der Waals surface area contributed by atoms with Crippen molar-refractivity contribution in [2.24, 2.45) is 0 Å². The number of ketones is 2. The molecule has 4 aromatic carbocycles. The Morgan fingerprint density at radius 3 is 1.76 bits per heavy atom. The Morgan fingerprint density at radius 2 is 1.05 bits per heavy atom. The average molecular weight is 477 g/mol. The standard InChI is InChI=1S/C33H20N2O2/c36-32-25-13-7-8-14-26(25)33(37)28-19-23(15-16-27(28)32)24-17-18-35-29(20-24)34-30(21-9-3-1-4-10-21)31(35)22-11-5-2-6-12-22/h1-20H. The molecule has 7 rings (SSSR count). The number of fused-ring (bicyclic) bond motifs is 3. The predicted molar refractivity (Wildman–Crippen MR) is 145 cm³/mol. The van der Waals surface area contributed by atoms with E-state index in [1.165, 1.54) is 0 Å². The van der Waals surface area contributed by atoms with Crippen LogP contribution in [0.25, 0.3) is 39.3 Å². The highest BCUT2D eigenvalue weighted by Gasteiger charge is 2.29. The molecule has 0 bridgehead atoms. The summed E-state index contributed by atoms with van der Waals surface area (Å²) in [6.07, 6.45) is 2.02. The number of nitrogens with zero attached hydrogens (tertiary/aromatic N) is 2. The molecule has 0 spiro atoms. The first-order chi connectivity index (χ1) is 18.2. The van der Waals surface area contributed by atoms with Gasteiger partial charge in [-0.25, -0.2) is 4.98 Å². The van der Waals surface area contributed by atoms with Gasteiger partial charge in [0.1, 0.15) is 5.65 Å². The van der Waals surface area contributed by atoms with Gasteiger partial charge in [0.05, 0.1) is 11.4 Å². The summed E-state index contributed by atoms with van der Waals surface area (Å²) >= 11 is 0. The second-order valence-electron chi connectivity index (χ2n) is 9.15. The molecule has 174 valence electrons. The summed E-state index contributed by atoms with van der Waals surface area (Å²) in [6, 6.07) is 37.0. The van der Waals surface area contributed by atoms with Crippen molar-refractivity contribution in [2.45, 2.75) is 0 Å². The average Bonchev–Trinajstić information content (AvgIpc) is 3.35. The third-order valence-electron chi connectivity index (χ3n) is 6.98. The van der Waals surface area contributed by atoms with Crippen molar-refractivity contribution in [1.82, 2.24) is 9.38 Å². The molecular weight excluding hydrogens is 456 g/mol. The lowest BCUT2D eigenvalue weighted by molar-refractivity contribution is 0.0979. The largest absolute Gasteiger partial charge is 0.299 e. The van der Waals surface area contributed by atoms with Gasteiger partial charge in [0.25, 0.3) is 0 Å². The van der Waals surface area contributed by atoms with Crippen LogP contribution in [-0.4, -0.2) is 21.0 Å². The van der Waals surface area contributed by atoms with E-state index >= 15 is 0 Å². The third-order valence-corrected chi connectivity index (χ3v) is 6.98. The monoisotopic (exact) mass is 476 g/mol. The molecule has 4 nitrogen and oxygen atoms in total. The molecule has 2 aromatic heterocycles. The summed E-state index contributed by atoms with van der Waals surface area (Å²) in [4.78, 5) is 31.3. The first-order valence-corrected chi connectivity index (χ1v) is 12.1. The van der Waals surface area contributed by atoms with E-state index in [0.29, 0.717) is 22.3 Å². The van der Waals surface area contributed by atoms with Gasteiger partial charge in [-0.2, -0.15) is 0 Å². The second-order valence-corrected chi connectivity index (χ2v) is 9.15. The molecule has 0 radical (unpaired) electrons. The normalized spacial score (nSPS) is 12.4. The van der Waals surface area contributed by atoms with E-state index < -0.39 is 0 Å². The van der Waals surface area contributed by atoms with Crippen LogP contribution in [0.3, 0.4) is 0 Å². The van der Waals surface area contributed by atoms with Crippen LogP contribution in [0.4, 0.5) is 0 Å². The molecule has 4 heteroatoms. The smallest absolute Gasteiger partial charge is 0.194 e. The minimum Gasteiger partial charge on any atom is -0.299 e. The van der Waals surface area contributed by atoms with Crippen LogP contribution in [0.2, 0.25) is 0 Å². The molecule has 0 unspecified atom stereocenters.